The first-order chi connectivity index (χ1) is 9.42. The minimum atomic E-state index is 0. The van der Waals surface area contributed by atoms with Gasteiger partial charge in [0.2, 0.25) is 0 Å². The van der Waals surface area contributed by atoms with E-state index in [1.165, 1.54) is 18.4 Å². The van der Waals surface area contributed by atoms with Gasteiger partial charge in [-0.25, -0.2) is 9.97 Å². The maximum absolute atomic E-state index is 4.36. The lowest BCUT2D eigenvalue weighted by molar-refractivity contribution is 0.460. The summed E-state index contributed by atoms with van der Waals surface area (Å²) in [5.41, 5.74) is 1.37. The summed E-state index contributed by atoms with van der Waals surface area (Å²) in [6.45, 7) is 2.21. The normalized spacial score (nSPS) is 14.7. The van der Waals surface area contributed by atoms with E-state index >= 15 is 0 Å². The lowest BCUT2D eigenvalue weighted by atomic mass is 9.91. The molecule has 2 aromatic heterocycles. The smallest absolute Gasteiger partial charge is 0.131 e. The van der Waals surface area contributed by atoms with Gasteiger partial charge in [-0.1, -0.05) is 6.07 Å². The summed E-state index contributed by atoms with van der Waals surface area (Å²) in [5.74, 6) is 2.35. The van der Waals surface area contributed by atoms with E-state index < -0.39 is 0 Å². The summed E-state index contributed by atoms with van der Waals surface area (Å²) >= 11 is 0. The van der Waals surface area contributed by atoms with Gasteiger partial charge in [0.25, 0.3) is 0 Å². The minimum absolute atomic E-state index is 0. The number of anilines is 2. The van der Waals surface area contributed by atoms with Gasteiger partial charge in [-0.3, -0.25) is 0 Å². The van der Waals surface area contributed by atoms with Gasteiger partial charge >= 0.3 is 0 Å². The van der Waals surface area contributed by atoms with Crippen LogP contribution in [0.5, 0.6) is 0 Å². The Morgan fingerprint density at radius 2 is 1.71 bits per heavy atom. The average molecular weight is 327 g/mol. The van der Waals surface area contributed by atoms with Crippen LogP contribution in [-0.4, -0.2) is 23.1 Å². The molecule has 2 N–H and O–H groups in total. The average Bonchev–Trinajstić information content (AvgIpc) is 2.49. The first kappa shape index (κ1) is 17.7. The summed E-state index contributed by atoms with van der Waals surface area (Å²) < 4.78 is 0. The molecule has 2 aromatic rings. The molecule has 3 heterocycles. The van der Waals surface area contributed by atoms with Crippen molar-refractivity contribution in [2.45, 2.75) is 18.8 Å². The van der Waals surface area contributed by atoms with E-state index in [2.05, 4.69) is 32.7 Å². The van der Waals surface area contributed by atoms with Gasteiger partial charge in [-0.05, 0) is 61.7 Å². The van der Waals surface area contributed by atoms with Crippen LogP contribution in [0.15, 0.2) is 42.7 Å². The zero-order valence-electron chi connectivity index (χ0n) is 11.7. The van der Waals surface area contributed by atoms with Crippen molar-refractivity contribution in [1.82, 2.24) is 15.3 Å². The molecule has 0 unspecified atom stereocenters. The molecule has 1 aliphatic rings. The highest BCUT2D eigenvalue weighted by atomic mass is 35.5. The number of halogens is 2. The van der Waals surface area contributed by atoms with E-state index in [0.717, 1.165) is 24.7 Å². The molecule has 114 valence electrons. The molecule has 0 spiro atoms. The van der Waals surface area contributed by atoms with E-state index in [-0.39, 0.29) is 24.8 Å². The van der Waals surface area contributed by atoms with Crippen LogP contribution in [0.1, 0.15) is 24.3 Å². The van der Waals surface area contributed by atoms with Gasteiger partial charge in [0.15, 0.2) is 0 Å². The Hall–Kier alpha value is -1.36. The van der Waals surface area contributed by atoms with E-state index in [9.17, 15) is 0 Å². The first-order valence-electron chi connectivity index (χ1n) is 6.76. The molecule has 0 bridgehead atoms. The SMILES string of the molecule is Cl.Cl.c1ccc(Nc2cc(C3CCNCC3)ccn2)nc1. The van der Waals surface area contributed by atoms with Crippen molar-refractivity contribution >= 4 is 36.4 Å². The van der Waals surface area contributed by atoms with Gasteiger partial charge in [-0.15, -0.1) is 24.8 Å². The largest absolute Gasteiger partial charge is 0.325 e. The highest BCUT2D eigenvalue weighted by molar-refractivity contribution is 5.85. The van der Waals surface area contributed by atoms with Crippen molar-refractivity contribution in [3.8, 4) is 0 Å². The Kier molecular flexibility index (Phi) is 7.43. The summed E-state index contributed by atoms with van der Waals surface area (Å²) in [4.78, 5) is 8.62. The number of nitrogens with zero attached hydrogens (tertiary/aromatic N) is 2. The van der Waals surface area contributed by atoms with Crippen molar-refractivity contribution in [3.63, 3.8) is 0 Å². The van der Waals surface area contributed by atoms with Crippen LogP contribution >= 0.6 is 24.8 Å². The number of hydrogen-bond donors (Lipinski definition) is 2. The fourth-order valence-corrected chi connectivity index (χ4v) is 2.49. The molecule has 1 fully saturated rings. The van der Waals surface area contributed by atoms with Crippen LogP contribution < -0.4 is 10.6 Å². The minimum Gasteiger partial charge on any atom is -0.325 e. The second-order valence-electron chi connectivity index (χ2n) is 4.84. The van der Waals surface area contributed by atoms with E-state index in [4.69, 9.17) is 0 Å². The molecule has 4 nitrogen and oxygen atoms in total. The third-order valence-corrected chi connectivity index (χ3v) is 3.52. The van der Waals surface area contributed by atoms with Crippen molar-refractivity contribution in [3.05, 3.63) is 48.3 Å². The summed E-state index contributed by atoms with van der Waals surface area (Å²) in [7, 11) is 0. The maximum atomic E-state index is 4.36. The molecule has 1 saturated heterocycles. The van der Waals surface area contributed by atoms with E-state index in [0.29, 0.717) is 5.92 Å². The number of hydrogen-bond acceptors (Lipinski definition) is 4. The number of nitrogens with one attached hydrogen (secondary N) is 2. The molecule has 3 rings (SSSR count). The fraction of sp³-hybridized carbons (Fsp3) is 0.333. The second-order valence-corrected chi connectivity index (χ2v) is 4.84. The van der Waals surface area contributed by atoms with Crippen LogP contribution in [0, 0.1) is 0 Å². The maximum Gasteiger partial charge on any atom is 0.131 e. The number of pyridine rings is 2. The number of rotatable bonds is 3. The van der Waals surface area contributed by atoms with Gasteiger partial charge in [0, 0.05) is 12.4 Å². The Labute approximate surface area is 137 Å². The lowest BCUT2D eigenvalue weighted by Crippen LogP contribution is -2.26. The molecule has 21 heavy (non-hydrogen) atoms. The Morgan fingerprint density at radius 3 is 2.43 bits per heavy atom. The number of piperidine rings is 1. The van der Waals surface area contributed by atoms with Crippen LogP contribution in [0.3, 0.4) is 0 Å². The Balaban J connectivity index is 0.00000110. The summed E-state index contributed by atoms with van der Waals surface area (Å²) in [6.07, 6.45) is 6.06. The van der Waals surface area contributed by atoms with Crippen LogP contribution in [0.4, 0.5) is 11.6 Å². The van der Waals surface area contributed by atoms with Crippen molar-refractivity contribution in [1.29, 1.82) is 0 Å². The fourth-order valence-electron chi connectivity index (χ4n) is 2.49. The zero-order valence-corrected chi connectivity index (χ0v) is 13.3. The molecule has 6 heteroatoms. The summed E-state index contributed by atoms with van der Waals surface area (Å²) in [5, 5.41) is 6.64. The van der Waals surface area contributed by atoms with E-state index in [1.807, 2.05) is 24.4 Å². The zero-order chi connectivity index (χ0) is 12.9. The molecule has 0 aliphatic carbocycles. The number of aromatic nitrogens is 2. The van der Waals surface area contributed by atoms with Crippen molar-refractivity contribution in [2.24, 2.45) is 0 Å². The van der Waals surface area contributed by atoms with Gasteiger partial charge in [0.1, 0.15) is 11.6 Å². The topological polar surface area (TPSA) is 49.8 Å². The molecular formula is C15H20Cl2N4. The standard InChI is InChI=1S/C15H18N4.2ClH/c1-2-7-17-14(3-1)19-15-11-13(6-10-18-15)12-4-8-16-9-5-12;;/h1-3,6-7,10-12,16H,4-5,8-9H2,(H,17,18,19);2*1H. The van der Waals surface area contributed by atoms with Crippen molar-refractivity contribution in [2.75, 3.05) is 18.4 Å². The van der Waals surface area contributed by atoms with Crippen molar-refractivity contribution < 1.29 is 0 Å². The van der Waals surface area contributed by atoms with Crippen LogP contribution in [0.2, 0.25) is 0 Å². The van der Waals surface area contributed by atoms with Gasteiger partial charge in [-0.2, -0.15) is 0 Å². The molecule has 0 atom stereocenters. The quantitative estimate of drug-likeness (QED) is 0.905. The summed E-state index contributed by atoms with van der Waals surface area (Å²) in [6, 6.07) is 10.1. The predicted molar refractivity (Wildman–Crippen MR) is 91.1 cm³/mol. The van der Waals surface area contributed by atoms with E-state index in [1.54, 1.807) is 6.20 Å². The molecule has 0 saturated carbocycles. The monoisotopic (exact) mass is 326 g/mol. The van der Waals surface area contributed by atoms with Gasteiger partial charge in [0.05, 0.1) is 0 Å². The predicted octanol–water partition coefficient (Wildman–Crippen LogP) is 3.53. The highest BCUT2D eigenvalue weighted by Gasteiger charge is 2.15. The Morgan fingerprint density at radius 1 is 0.952 bits per heavy atom. The second kappa shape index (κ2) is 8.82. The molecular weight excluding hydrogens is 307 g/mol. The van der Waals surface area contributed by atoms with Crippen LogP contribution in [0.25, 0.3) is 0 Å². The molecule has 0 radical (unpaired) electrons. The third kappa shape index (κ3) is 4.84. The lowest BCUT2D eigenvalue weighted by Gasteiger charge is -2.23. The highest BCUT2D eigenvalue weighted by Crippen LogP contribution is 2.26. The van der Waals surface area contributed by atoms with Crippen LogP contribution in [-0.2, 0) is 0 Å². The van der Waals surface area contributed by atoms with Gasteiger partial charge < -0.3 is 10.6 Å². The Bertz CT molecular complexity index is 530. The third-order valence-electron chi connectivity index (χ3n) is 3.52. The molecule has 0 aromatic carbocycles. The molecule has 1 aliphatic heterocycles. The molecule has 0 amide bonds. The first-order valence-corrected chi connectivity index (χ1v) is 6.76.